The molecule has 0 heterocycles. The number of hydrogen-bond donors (Lipinski definition) is 5. The van der Waals surface area contributed by atoms with Crippen LogP contribution < -0.4 is 29.6 Å². The molecule has 0 aliphatic heterocycles. The summed E-state index contributed by atoms with van der Waals surface area (Å²) in [4.78, 5) is 37.5. The van der Waals surface area contributed by atoms with Crippen molar-refractivity contribution in [2.75, 3.05) is 20.1 Å². The Labute approximate surface area is 142 Å². The van der Waals surface area contributed by atoms with Gasteiger partial charge in [-0.25, -0.2) is 0 Å². The van der Waals surface area contributed by atoms with Gasteiger partial charge in [-0.05, 0) is 20.0 Å². The first kappa shape index (κ1) is 23.5. The summed E-state index contributed by atoms with van der Waals surface area (Å²) in [5, 5.41) is 6.35. The first-order valence-corrected chi connectivity index (χ1v) is 9.20. The number of hydrogen-bond acceptors (Lipinski definition) is 4. The molecule has 0 saturated carbocycles. The van der Waals surface area contributed by atoms with Crippen LogP contribution in [0.5, 0.6) is 0 Å². The Morgan fingerprint density at radius 1 is 1.05 bits per heavy atom. The Hall–Kier alpha value is 1.22. The third-order valence-electron chi connectivity index (χ3n) is 2.91. The van der Waals surface area contributed by atoms with Gasteiger partial charge in [-0.15, -0.1) is 0 Å². The summed E-state index contributed by atoms with van der Waals surface area (Å²) in [6, 6.07) is 0. The largest absolute Gasteiger partial charge is 1.00 e. The molecule has 0 unspecified atom stereocenters. The van der Waals surface area contributed by atoms with Gasteiger partial charge in [0.2, 0.25) is 0 Å². The van der Waals surface area contributed by atoms with E-state index in [1.54, 1.807) is 11.9 Å². The Morgan fingerprint density at radius 3 is 1.85 bits per heavy atom. The van der Waals surface area contributed by atoms with Gasteiger partial charge in [-0.3, -0.25) is 9.13 Å². The molecule has 11 heteroatoms. The van der Waals surface area contributed by atoms with Crippen LogP contribution in [0.15, 0.2) is 0 Å². The molecule has 0 bridgehead atoms. The van der Waals surface area contributed by atoms with Crippen LogP contribution in [-0.2, 0) is 9.13 Å². The van der Waals surface area contributed by atoms with Gasteiger partial charge in [0.15, 0.2) is 0 Å². The maximum atomic E-state index is 11.1. The fourth-order valence-corrected chi connectivity index (χ4v) is 3.69. The van der Waals surface area contributed by atoms with E-state index in [1.165, 1.54) is 0 Å². The first-order valence-electron chi connectivity index (χ1n) is 5.98. The molecule has 0 rings (SSSR count). The third-order valence-corrected chi connectivity index (χ3v) is 6.78. The van der Waals surface area contributed by atoms with Crippen LogP contribution in [0.25, 0.3) is 0 Å². The van der Waals surface area contributed by atoms with Crippen molar-refractivity contribution in [3.63, 3.8) is 0 Å². The van der Waals surface area contributed by atoms with Gasteiger partial charge < -0.3 is 31.0 Å². The fourth-order valence-electron chi connectivity index (χ4n) is 1.55. The standard InChI is InChI=1S/C9H23NO7P2.Na.H/c1-3-4-5-7-10(2)8-6-9(11,18(12,13)14)19(15,16)17;;/h11H,3-8H2,1-2H3,(H2,12,13,14)(H2,15,16,17);;/q;+1;-1. The molecule has 118 valence electrons. The minimum atomic E-state index is -5.33. The molecule has 0 spiro atoms. The molecule has 0 fully saturated rings. The zero-order valence-electron chi connectivity index (χ0n) is 13.1. The molecule has 20 heavy (non-hydrogen) atoms. The Bertz CT molecular complexity index is 353. The summed E-state index contributed by atoms with van der Waals surface area (Å²) in [6.07, 6.45) is 2.19. The van der Waals surface area contributed by atoms with Gasteiger partial charge in [0.05, 0.1) is 0 Å². The summed E-state index contributed by atoms with van der Waals surface area (Å²) in [5.41, 5.74) is 0. The number of unbranched alkanes of at least 4 members (excludes halogenated alkanes) is 2. The van der Waals surface area contributed by atoms with E-state index < -0.39 is 26.7 Å². The zero-order chi connectivity index (χ0) is 15.3. The second kappa shape index (κ2) is 9.38. The van der Waals surface area contributed by atoms with Gasteiger partial charge in [0.25, 0.3) is 5.08 Å². The minimum Gasteiger partial charge on any atom is -1.00 e. The summed E-state index contributed by atoms with van der Waals surface area (Å²) < 4.78 is 22.2. The van der Waals surface area contributed by atoms with Gasteiger partial charge in [-0.1, -0.05) is 19.8 Å². The molecule has 0 radical (unpaired) electrons. The van der Waals surface area contributed by atoms with Crippen molar-refractivity contribution >= 4 is 15.2 Å². The van der Waals surface area contributed by atoms with Crippen molar-refractivity contribution in [2.24, 2.45) is 0 Å². The van der Waals surface area contributed by atoms with Gasteiger partial charge in [-0.2, -0.15) is 0 Å². The Morgan fingerprint density at radius 2 is 1.50 bits per heavy atom. The first-order chi connectivity index (χ1) is 8.45. The topological polar surface area (TPSA) is 139 Å². The molecule has 0 aromatic carbocycles. The van der Waals surface area contributed by atoms with Crippen molar-refractivity contribution in [3.05, 3.63) is 0 Å². The quantitative estimate of drug-likeness (QED) is 0.178. The SMILES string of the molecule is CCCCCN(C)CCC(O)(P(=O)(O)O)P(=O)(O)O.[H-].[Na+]. The summed E-state index contributed by atoms with van der Waals surface area (Å²) in [7, 11) is -9.00. The van der Waals surface area contributed by atoms with Crippen LogP contribution in [0.3, 0.4) is 0 Å². The van der Waals surface area contributed by atoms with Crippen LogP contribution in [0.1, 0.15) is 34.0 Å². The monoisotopic (exact) mass is 343 g/mol. The van der Waals surface area contributed by atoms with Crippen LogP contribution in [0, 0.1) is 0 Å². The Balaban J connectivity index is -0.00000162. The zero-order valence-corrected chi connectivity index (χ0v) is 15.9. The van der Waals surface area contributed by atoms with Crippen molar-refractivity contribution in [1.29, 1.82) is 0 Å². The molecule has 0 aromatic heterocycles. The molecule has 0 aromatic rings. The Kier molecular flexibility index (Phi) is 11.0. The molecular weight excluding hydrogens is 319 g/mol. The second-order valence-corrected chi connectivity index (χ2v) is 8.63. The summed E-state index contributed by atoms with van der Waals surface area (Å²) in [6.45, 7) is 2.64. The summed E-state index contributed by atoms with van der Waals surface area (Å²) in [5.74, 6) is 0. The molecule has 8 nitrogen and oxygen atoms in total. The molecule has 5 N–H and O–H groups in total. The van der Waals surface area contributed by atoms with Crippen LogP contribution in [-0.4, -0.2) is 54.8 Å². The smallest absolute Gasteiger partial charge is 1.00 e. The molecule has 0 atom stereocenters. The van der Waals surface area contributed by atoms with E-state index in [1.807, 2.05) is 6.92 Å². The van der Waals surface area contributed by atoms with Crippen molar-refractivity contribution in [1.82, 2.24) is 4.90 Å². The van der Waals surface area contributed by atoms with Gasteiger partial charge in [0.1, 0.15) is 0 Å². The maximum absolute atomic E-state index is 11.1. The molecule has 0 saturated heterocycles. The average Bonchev–Trinajstić information content (AvgIpc) is 2.23. The minimum absolute atomic E-state index is 0. The predicted molar refractivity (Wildman–Crippen MR) is 71.8 cm³/mol. The van der Waals surface area contributed by atoms with Crippen molar-refractivity contribution in [2.45, 2.75) is 37.7 Å². The number of aliphatic hydroxyl groups is 1. The second-order valence-electron chi connectivity index (χ2n) is 4.62. The maximum Gasteiger partial charge on any atom is 1.00 e. The average molecular weight is 343 g/mol. The number of nitrogens with zero attached hydrogens (tertiary/aromatic N) is 1. The fraction of sp³-hybridized carbons (Fsp3) is 1.00. The molecular formula is C9H24NNaO7P2. The van der Waals surface area contributed by atoms with Gasteiger partial charge in [0, 0.05) is 13.0 Å². The molecule has 0 amide bonds. The number of rotatable bonds is 9. The van der Waals surface area contributed by atoms with E-state index in [0.29, 0.717) is 6.54 Å². The van der Waals surface area contributed by atoms with E-state index in [4.69, 9.17) is 19.6 Å². The van der Waals surface area contributed by atoms with Crippen LogP contribution in [0.2, 0.25) is 0 Å². The van der Waals surface area contributed by atoms with Crippen LogP contribution >= 0.6 is 15.2 Å². The normalized spacial score (nSPS) is 13.4. The van der Waals surface area contributed by atoms with Gasteiger partial charge >= 0.3 is 44.7 Å². The molecule has 0 aliphatic rings. The van der Waals surface area contributed by atoms with Crippen LogP contribution in [0.4, 0.5) is 0 Å². The van der Waals surface area contributed by atoms with Crippen molar-refractivity contribution in [3.8, 4) is 0 Å². The van der Waals surface area contributed by atoms with Crippen molar-refractivity contribution < 1.29 is 64.8 Å². The third kappa shape index (κ3) is 6.99. The molecule has 0 aliphatic carbocycles. The van der Waals surface area contributed by atoms with E-state index in [-0.39, 0.29) is 37.5 Å². The summed E-state index contributed by atoms with van der Waals surface area (Å²) >= 11 is 0. The predicted octanol–water partition coefficient (Wildman–Crippen LogP) is -2.38. The van der Waals surface area contributed by atoms with E-state index in [9.17, 15) is 14.2 Å². The van der Waals surface area contributed by atoms with E-state index in [0.717, 1.165) is 19.3 Å². The van der Waals surface area contributed by atoms with E-state index >= 15 is 0 Å². The van der Waals surface area contributed by atoms with E-state index in [2.05, 4.69) is 0 Å².